The number of carboxylic acid groups (broad SMARTS) is 1. The number of aliphatic carboxylic acids is 1. The number of carbonyl (C=O) groups is 1. The van der Waals surface area contributed by atoms with E-state index >= 15 is 0 Å². The molecule has 0 aromatic carbocycles. The Morgan fingerprint density at radius 1 is 1.62 bits per heavy atom. The summed E-state index contributed by atoms with van der Waals surface area (Å²) in [4.78, 5) is 10.5. The van der Waals surface area contributed by atoms with Crippen molar-refractivity contribution in [2.45, 2.75) is 23.8 Å². The standard InChI is InChI=1S/C9H12O3S/c1-7(9(10)11)13(12)8-5-3-2-4-6-8/h2-5,7-8H,6H2,1H3,(H,10,11). The maximum atomic E-state index is 11.6. The zero-order chi connectivity index (χ0) is 9.84. The monoisotopic (exact) mass is 200 g/mol. The van der Waals surface area contributed by atoms with Crippen molar-refractivity contribution in [3.8, 4) is 0 Å². The highest BCUT2D eigenvalue weighted by molar-refractivity contribution is 7.87. The molecule has 3 nitrogen and oxygen atoms in total. The molecular formula is C9H12O3S. The molecule has 1 aliphatic rings. The summed E-state index contributed by atoms with van der Waals surface area (Å²) in [6, 6.07) is 0. The van der Waals surface area contributed by atoms with E-state index in [2.05, 4.69) is 0 Å². The highest BCUT2D eigenvalue weighted by Crippen LogP contribution is 2.13. The molecule has 3 atom stereocenters. The Hall–Kier alpha value is -0.900. The molecule has 0 bridgehead atoms. The third kappa shape index (κ3) is 2.52. The Morgan fingerprint density at radius 2 is 2.31 bits per heavy atom. The van der Waals surface area contributed by atoms with Crippen LogP contribution in [-0.2, 0) is 15.6 Å². The highest BCUT2D eigenvalue weighted by Gasteiger charge is 2.24. The van der Waals surface area contributed by atoms with Crippen molar-refractivity contribution < 1.29 is 14.1 Å². The van der Waals surface area contributed by atoms with Crippen molar-refractivity contribution in [1.29, 1.82) is 0 Å². The van der Waals surface area contributed by atoms with Crippen LogP contribution in [0.1, 0.15) is 13.3 Å². The van der Waals surface area contributed by atoms with Gasteiger partial charge in [0, 0.05) is 10.8 Å². The average Bonchev–Trinajstić information content (AvgIpc) is 2.17. The van der Waals surface area contributed by atoms with Gasteiger partial charge in [-0.15, -0.1) is 0 Å². The fourth-order valence-electron chi connectivity index (χ4n) is 1.09. The summed E-state index contributed by atoms with van der Waals surface area (Å²) in [6.45, 7) is 1.48. The summed E-state index contributed by atoms with van der Waals surface area (Å²) in [5.41, 5.74) is 0. The van der Waals surface area contributed by atoms with E-state index in [1.807, 2.05) is 12.2 Å². The second kappa shape index (κ2) is 4.37. The van der Waals surface area contributed by atoms with Gasteiger partial charge in [-0.05, 0) is 13.3 Å². The van der Waals surface area contributed by atoms with Crippen molar-refractivity contribution in [3.05, 3.63) is 24.3 Å². The first kappa shape index (κ1) is 10.2. The first-order valence-corrected chi connectivity index (χ1v) is 5.36. The molecular weight excluding hydrogens is 188 g/mol. The highest BCUT2D eigenvalue weighted by atomic mass is 32.2. The molecule has 0 fully saturated rings. The fraction of sp³-hybridized carbons (Fsp3) is 0.444. The van der Waals surface area contributed by atoms with Crippen molar-refractivity contribution in [3.63, 3.8) is 0 Å². The van der Waals surface area contributed by atoms with E-state index in [0.29, 0.717) is 6.42 Å². The summed E-state index contributed by atoms with van der Waals surface area (Å²) in [5.74, 6) is -0.999. The molecule has 0 amide bonds. The number of allylic oxidation sites excluding steroid dienone is 3. The largest absolute Gasteiger partial charge is 0.480 e. The van der Waals surface area contributed by atoms with Crippen LogP contribution in [0.2, 0.25) is 0 Å². The summed E-state index contributed by atoms with van der Waals surface area (Å²) in [7, 11) is -1.32. The predicted octanol–water partition coefficient (Wildman–Crippen LogP) is 1.09. The van der Waals surface area contributed by atoms with Crippen LogP contribution in [0.15, 0.2) is 24.3 Å². The van der Waals surface area contributed by atoms with Crippen molar-refractivity contribution in [1.82, 2.24) is 0 Å². The van der Waals surface area contributed by atoms with Gasteiger partial charge in [0.15, 0.2) is 0 Å². The first-order chi connectivity index (χ1) is 6.13. The molecule has 0 aliphatic heterocycles. The van der Waals surface area contributed by atoms with Gasteiger partial charge >= 0.3 is 5.97 Å². The molecule has 0 spiro atoms. The second-order valence-corrected chi connectivity index (χ2v) is 4.87. The van der Waals surface area contributed by atoms with Crippen molar-refractivity contribution >= 4 is 16.8 Å². The molecule has 1 aliphatic carbocycles. The van der Waals surface area contributed by atoms with Crippen LogP contribution < -0.4 is 0 Å². The van der Waals surface area contributed by atoms with Crippen molar-refractivity contribution in [2.24, 2.45) is 0 Å². The fourth-order valence-corrected chi connectivity index (χ4v) is 2.36. The van der Waals surface area contributed by atoms with E-state index in [1.54, 1.807) is 12.2 Å². The molecule has 4 heteroatoms. The SMILES string of the molecule is CC(C(=O)O)S(=O)C1C=CC=CC1. The lowest BCUT2D eigenvalue weighted by atomic mass is 10.2. The van der Waals surface area contributed by atoms with Crippen LogP contribution in [0, 0.1) is 0 Å². The molecule has 0 heterocycles. The molecule has 1 rings (SSSR count). The lowest BCUT2D eigenvalue weighted by Gasteiger charge is -2.15. The van der Waals surface area contributed by atoms with Gasteiger partial charge in [0.2, 0.25) is 0 Å². The van der Waals surface area contributed by atoms with E-state index in [0.717, 1.165) is 0 Å². The minimum absolute atomic E-state index is 0.143. The minimum Gasteiger partial charge on any atom is -0.480 e. The Kier molecular flexibility index (Phi) is 3.42. The summed E-state index contributed by atoms with van der Waals surface area (Å²) < 4.78 is 11.6. The maximum absolute atomic E-state index is 11.6. The Morgan fingerprint density at radius 3 is 2.77 bits per heavy atom. The molecule has 0 aromatic rings. The van der Waals surface area contributed by atoms with Crippen LogP contribution in [0.4, 0.5) is 0 Å². The van der Waals surface area contributed by atoms with E-state index < -0.39 is 22.0 Å². The van der Waals surface area contributed by atoms with E-state index in [4.69, 9.17) is 5.11 Å². The van der Waals surface area contributed by atoms with Crippen LogP contribution in [0.5, 0.6) is 0 Å². The molecule has 72 valence electrons. The van der Waals surface area contributed by atoms with Gasteiger partial charge in [0.25, 0.3) is 0 Å². The molecule has 0 saturated carbocycles. The molecule has 0 aromatic heterocycles. The molecule has 0 radical (unpaired) electrons. The number of hydrogen-bond donors (Lipinski definition) is 1. The maximum Gasteiger partial charge on any atom is 0.318 e. The number of carboxylic acids is 1. The molecule has 0 saturated heterocycles. The predicted molar refractivity (Wildman–Crippen MR) is 51.9 cm³/mol. The lowest BCUT2D eigenvalue weighted by Crippen LogP contribution is -2.29. The van der Waals surface area contributed by atoms with Gasteiger partial charge in [-0.25, -0.2) is 0 Å². The smallest absolute Gasteiger partial charge is 0.318 e. The minimum atomic E-state index is -1.32. The average molecular weight is 200 g/mol. The van der Waals surface area contributed by atoms with E-state index in [1.165, 1.54) is 6.92 Å². The Labute approximate surface area is 79.6 Å². The number of rotatable bonds is 3. The first-order valence-electron chi connectivity index (χ1n) is 4.08. The lowest BCUT2D eigenvalue weighted by molar-refractivity contribution is -0.136. The van der Waals surface area contributed by atoms with Gasteiger partial charge in [-0.2, -0.15) is 0 Å². The van der Waals surface area contributed by atoms with Crippen molar-refractivity contribution in [2.75, 3.05) is 0 Å². The van der Waals surface area contributed by atoms with Gasteiger partial charge in [-0.1, -0.05) is 24.3 Å². The summed E-state index contributed by atoms with van der Waals surface area (Å²) >= 11 is 0. The van der Waals surface area contributed by atoms with Crippen LogP contribution in [0.3, 0.4) is 0 Å². The van der Waals surface area contributed by atoms with Crippen LogP contribution in [-0.4, -0.2) is 25.8 Å². The molecule has 3 unspecified atom stereocenters. The van der Waals surface area contributed by atoms with Gasteiger partial charge in [-0.3, -0.25) is 9.00 Å². The zero-order valence-corrected chi connectivity index (χ0v) is 8.16. The van der Waals surface area contributed by atoms with E-state index in [-0.39, 0.29) is 5.25 Å². The molecule has 13 heavy (non-hydrogen) atoms. The third-order valence-corrected chi connectivity index (χ3v) is 3.78. The van der Waals surface area contributed by atoms with Gasteiger partial charge in [0.05, 0.1) is 5.25 Å². The third-order valence-electron chi connectivity index (χ3n) is 1.94. The Balaban J connectivity index is 2.62. The topological polar surface area (TPSA) is 54.4 Å². The summed E-state index contributed by atoms with van der Waals surface area (Å²) in [6.07, 6.45) is 8.05. The van der Waals surface area contributed by atoms with Crippen LogP contribution >= 0.6 is 0 Å². The Bertz CT molecular complexity index is 281. The second-order valence-electron chi connectivity index (χ2n) is 2.90. The van der Waals surface area contributed by atoms with Crippen LogP contribution in [0.25, 0.3) is 0 Å². The molecule has 1 N–H and O–H groups in total. The number of hydrogen-bond acceptors (Lipinski definition) is 2. The van der Waals surface area contributed by atoms with Gasteiger partial charge < -0.3 is 5.11 Å². The normalized spacial score (nSPS) is 25.5. The zero-order valence-electron chi connectivity index (χ0n) is 7.34. The van der Waals surface area contributed by atoms with E-state index in [9.17, 15) is 9.00 Å². The van der Waals surface area contributed by atoms with Gasteiger partial charge in [0.1, 0.15) is 5.25 Å². The quantitative estimate of drug-likeness (QED) is 0.742. The summed E-state index contributed by atoms with van der Waals surface area (Å²) in [5, 5.41) is 7.71.